The molecule has 0 aromatic heterocycles. The van der Waals surface area contributed by atoms with E-state index in [2.05, 4.69) is 0 Å². The lowest BCUT2D eigenvalue weighted by molar-refractivity contribution is -0.138. The molecule has 8 nitrogen and oxygen atoms in total. The highest BCUT2D eigenvalue weighted by atomic mass is 32.2. The number of nitrogens with two attached hydrogens (primary N) is 1. The van der Waals surface area contributed by atoms with Gasteiger partial charge < -0.3 is 15.5 Å². The van der Waals surface area contributed by atoms with Gasteiger partial charge in [0.1, 0.15) is 16.5 Å². The fourth-order valence-electron chi connectivity index (χ4n) is 3.61. The molecule has 2 aliphatic rings. The number of likely N-dealkylation sites (tertiary alicyclic amines) is 1. The summed E-state index contributed by atoms with van der Waals surface area (Å²) in [5, 5.41) is 0. The SMILES string of the molecule is NC(=O)N1CCC[C@@H](C(=O)N2CCN(S(=O)(=O)c3ccc(F)cc3F)CC2)C1. The summed E-state index contributed by atoms with van der Waals surface area (Å²) in [6.45, 7) is 1.12. The first-order chi connectivity index (χ1) is 13.2. The Bertz CT molecular complexity index is 872. The van der Waals surface area contributed by atoms with Crippen molar-refractivity contribution in [3.63, 3.8) is 0 Å². The van der Waals surface area contributed by atoms with Gasteiger partial charge in [-0.05, 0) is 25.0 Å². The van der Waals surface area contributed by atoms with Gasteiger partial charge in [-0.15, -0.1) is 0 Å². The van der Waals surface area contributed by atoms with E-state index in [9.17, 15) is 26.8 Å². The Hall–Kier alpha value is -2.27. The van der Waals surface area contributed by atoms with Crippen LogP contribution in [-0.4, -0.2) is 73.7 Å². The predicted octanol–water partition coefficient (Wildman–Crippen LogP) is 0.588. The summed E-state index contributed by atoms with van der Waals surface area (Å²) >= 11 is 0. The molecule has 1 aromatic rings. The van der Waals surface area contributed by atoms with Crippen LogP contribution in [0.2, 0.25) is 0 Å². The summed E-state index contributed by atoms with van der Waals surface area (Å²) in [5.41, 5.74) is 5.29. The second kappa shape index (κ2) is 8.00. The van der Waals surface area contributed by atoms with E-state index in [-0.39, 0.29) is 44.5 Å². The maximum Gasteiger partial charge on any atom is 0.314 e. The average molecular weight is 416 g/mol. The number of carbonyl (C=O) groups excluding carboxylic acids is 2. The van der Waals surface area contributed by atoms with Gasteiger partial charge in [0.25, 0.3) is 0 Å². The van der Waals surface area contributed by atoms with E-state index in [1.165, 1.54) is 4.90 Å². The molecule has 0 radical (unpaired) electrons. The van der Waals surface area contributed by atoms with Crippen LogP contribution in [0.4, 0.5) is 13.6 Å². The minimum atomic E-state index is -4.12. The van der Waals surface area contributed by atoms with E-state index in [0.29, 0.717) is 25.5 Å². The maximum atomic E-state index is 13.9. The smallest absolute Gasteiger partial charge is 0.314 e. The van der Waals surface area contributed by atoms with E-state index in [1.54, 1.807) is 4.90 Å². The summed E-state index contributed by atoms with van der Waals surface area (Å²) in [7, 11) is -4.12. The van der Waals surface area contributed by atoms with Crippen molar-refractivity contribution in [3.8, 4) is 0 Å². The number of nitrogens with zero attached hydrogens (tertiary/aromatic N) is 3. The first kappa shape index (κ1) is 20.5. The number of urea groups is 1. The molecule has 2 fully saturated rings. The largest absolute Gasteiger partial charge is 0.351 e. The molecule has 1 aromatic carbocycles. The number of primary amides is 1. The van der Waals surface area contributed by atoms with Gasteiger partial charge in [0.05, 0.1) is 5.92 Å². The van der Waals surface area contributed by atoms with Gasteiger partial charge in [-0.2, -0.15) is 4.31 Å². The molecule has 0 unspecified atom stereocenters. The Kier molecular flexibility index (Phi) is 5.84. The summed E-state index contributed by atoms with van der Waals surface area (Å²) in [5.74, 6) is -2.51. The molecule has 2 N–H and O–H groups in total. The van der Waals surface area contributed by atoms with E-state index in [0.717, 1.165) is 16.4 Å². The second-order valence-corrected chi connectivity index (χ2v) is 8.83. The number of hydrogen-bond donors (Lipinski definition) is 1. The van der Waals surface area contributed by atoms with Crippen LogP contribution in [-0.2, 0) is 14.8 Å². The lowest BCUT2D eigenvalue weighted by Crippen LogP contribution is -2.54. The Labute approximate surface area is 161 Å². The van der Waals surface area contributed by atoms with Crippen LogP contribution in [0, 0.1) is 17.6 Å². The molecule has 2 heterocycles. The number of carbonyl (C=O) groups is 2. The molecule has 2 saturated heterocycles. The molecule has 11 heteroatoms. The maximum absolute atomic E-state index is 13.9. The summed E-state index contributed by atoms with van der Waals surface area (Å²) in [6, 6.07) is 1.76. The van der Waals surface area contributed by atoms with Crippen LogP contribution >= 0.6 is 0 Å². The van der Waals surface area contributed by atoms with Crippen molar-refractivity contribution in [1.29, 1.82) is 0 Å². The van der Waals surface area contributed by atoms with Crippen LogP contribution in [0.25, 0.3) is 0 Å². The van der Waals surface area contributed by atoms with Crippen LogP contribution in [0.5, 0.6) is 0 Å². The summed E-state index contributed by atoms with van der Waals surface area (Å²) < 4.78 is 53.3. The highest BCUT2D eigenvalue weighted by Gasteiger charge is 2.35. The van der Waals surface area contributed by atoms with Crippen molar-refractivity contribution < 1.29 is 26.8 Å². The monoisotopic (exact) mass is 416 g/mol. The molecule has 28 heavy (non-hydrogen) atoms. The molecular weight excluding hydrogens is 394 g/mol. The zero-order valence-electron chi connectivity index (χ0n) is 15.2. The normalized spacial score (nSPS) is 21.6. The molecule has 0 bridgehead atoms. The van der Waals surface area contributed by atoms with E-state index in [4.69, 9.17) is 5.73 Å². The first-order valence-electron chi connectivity index (χ1n) is 8.98. The van der Waals surface area contributed by atoms with Gasteiger partial charge in [0.2, 0.25) is 15.9 Å². The van der Waals surface area contributed by atoms with Gasteiger partial charge in [-0.3, -0.25) is 4.79 Å². The third kappa shape index (κ3) is 4.09. The zero-order valence-corrected chi connectivity index (χ0v) is 16.0. The molecule has 3 amide bonds. The highest BCUT2D eigenvalue weighted by Crippen LogP contribution is 2.23. The summed E-state index contributed by atoms with van der Waals surface area (Å²) in [6.07, 6.45) is 1.32. The fourth-order valence-corrected chi connectivity index (χ4v) is 5.08. The molecule has 0 saturated carbocycles. The van der Waals surface area contributed by atoms with E-state index in [1.807, 2.05) is 0 Å². The molecule has 3 rings (SSSR count). The number of halogens is 2. The van der Waals surface area contributed by atoms with Gasteiger partial charge >= 0.3 is 6.03 Å². The molecule has 0 spiro atoms. The third-order valence-electron chi connectivity index (χ3n) is 5.14. The number of sulfonamides is 1. The first-order valence-corrected chi connectivity index (χ1v) is 10.4. The number of rotatable bonds is 3. The Morgan fingerprint density at radius 2 is 1.71 bits per heavy atom. The minimum Gasteiger partial charge on any atom is -0.351 e. The number of piperazine rings is 1. The molecule has 154 valence electrons. The van der Waals surface area contributed by atoms with Gasteiger partial charge in [0.15, 0.2) is 0 Å². The van der Waals surface area contributed by atoms with Gasteiger partial charge in [-0.25, -0.2) is 22.0 Å². The summed E-state index contributed by atoms with van der Waals surface area (Å²) in [4.78, 5) is 26.5. The number of piperidine rings is 1. The molecular formula is C17H22F2N4O4S. The second-order valence-electron chi connectivity index (χ2n) is 6.93. The van der Waals surface area contributed by atoms with Crippen molar-refractivity contribution in [2.45, 2.75) is 17.7 Å². The number of hydrogen-bond acceptors (Lipinski definition) is 4. The van der Waals surface area contributed by atoms with Crippen LogP contribution in [0.15, 0.2) is 23.1 Å². The predicted molar refractivity (Wildman–Crippen MR) is 95.6 cm³/mol. The highest BCUT2D eigenvalue weighted by molar-refractivity contribution is 7.89. The van der Waals surface area contributed by atoms with Gasteiger partial charge in [0, 0.05) is 45.3 Å². The molecule has 0 aliphatic carbocycles. The number of amides is 3. The van der Waals surface area contributed by atoms with Crippen LogP contribution in [0.1, 0.15) is 12.8 Å². The standard InChI is InChI=1S/C17H22F2N4O4S/c18-13-3-4-15(14(19)10-13)28(26,27)23-8-6-21(7-9-23)16(24)12-2-1-5-22(11-12)17(20)25/h3-4,10,12H,1-2,5-9,11H2,(H2,20,25)/t12-/m1/s1. The third-order valence-corrected chi connectivity index (χ3v) is 7.08. The minimum absolute atomic E-state index is 0.0111. The Morgan fingerprint density at radius 1 is 1.04 bits per heavy atom. The lowest BCUT2D eigenvalue weighted by atomic mass is 9.96. The molecule has 1 atom stereocenters. The Morgan fingerprint density at radius 3 is 2.32 bits per heavy atom. The lowest BCUT2D eigenvalue weighted by Gasteiger charge is -2.38. The number of benzene rings is 1. The van der Waals surface area contributed by atoms with Gasteiger partial charge in [-0.1, -0.05) is 0 Å². The van der Waals surface area contributed by atoms with Crippen molar-refractivity contribution >= 4 is 22.0 Å². The van der Waals surface area contributed by atoms with E-state index < -0.39 is 32.6 Å². The zero-order chi connectivity index (χ0) is 20.5. The van der Waals surface area contributed by atoms with Crippen molar-refractivity contribution in [3.05, 3.63) is 29.8 Å². The van der Waals surface area contributed by atoms with Crippen molar-refractivity contribution in [2.75, 3.05) is 39.3 Å². The average Bonchev–Trinajstić information content (AvgIpc) is 2.67. The Balaban J connectivity index is 1.64. The fraction of sp³-hybridized carbons (Fsp3) is 0.529. The van der Waals surface area contributed by atoms with Crippen molar-refractivity contribution in [2.24, 2.45) is 11.7 Å². The van der Waals surface area contributed by atoms with Crippen LogP contribution in [0.3, 0.4) is 0 Å². The quantitative estimate of drug-likeness (QED) is 0.779. The topological polar surface area (TPSA) is 104 Å². The van der Waals surface area contributed by atoms with Crippen molar-refractivity contribution in [1.82, 2.24) is 14.1 Å². The molecule has 2 aliphatic heterocycles. The van der Waals surface area contributed by atoms with E-state index >= 15 is 0 Å². The van der Waals surface area contributed by atoms with Crippen LogP contribution < -0.4 is 5.73 Å².